The largest absolute Gasteiger partial charge is 0.381 e. The summed E-state index contributed by atoms with van der Waals surface area (Å²) in [5.74, 6) is 0.625. The molecular weight excluding hydrogens is 318 g/mol. The quantitative estimate of drug-likeness (QED) is 0.902. The molecule has 4 nitrogen and oxygen atoms in total. The Labute approximate surface area is 128 Å². The van der Waals surface area contributed by atoms with Crippen molar-refractivity contribution in [1.29, 1.82) is 0 Å². The molecule has 5 heteroatoms. The van der Waals surface area contributed by atoms with E-state index in [0.717, 1.165) is 42.4 Å². The minimum absolute atomic E-state index is 0.0101. The molecule has 20 heavy (non-hydrogen) atoms. The molecule has 0 radical (unpaired) electrons. The lowest BCUT2D eigenvalue weighted by Gasteiger charge is -2.44. The van der Waals surface area contributed by atoms with Crippen LogP contribution in [0.2, 0.25) is 0 Å². The molecule has 2 atom stereocenters. The van der Waals surface area contributed by atoms with Crippen LogP contribution in [0.25, 0.3) is 0 Å². The number of halogens is 1. The van der Waals surface area contributed by atoms with Crippen molar-refractivity contribution in [2.24, 2.45) is 10.7 Å². The third-order valence-electron chi connectivity index (χ3n) is 4.41. The molecule has 3 rings (SSSR count). The van der Waals surface area contributed by atoms with E-state index >= 15 is 0 Å². The average molecular weight is 338 g/mol. The Balaban J connectivity index is 1.95. The standard InChI is InChI=1S/C15H20BrN3O/c1-20-13-6-3-7-15(9-13)10-18-14(17)19(15)12-5-2-4-11(16)8-12/h2,4-5,8,13H,3,6-7,9-10H2,1H3,(H2,17,18). The van der Waals surface area contributed by atoms with Crippen molar-refractivity contribution >= 4 is 27.6 Å². The van der Waals surface area contributed by atoms with Crippen LogP contribution in [0.5, 0.6) is 0 Å². The molecule has 1 aliphatic carbocycles. The van der Waals surface area contributed by atoms with Gasteiger partial charge in [0.05, 0.1) is 18.2 Å². The number of benzene rings is 1. The maximum atomic E-state index is 6.17. The fraction of sp³-hybridized carbons (Fsp3) is 0.533. The number of hydrogen-bond acceptors (Lipinski definition) is 4. The second-order valence-electron chi connectivity index (χ2n) is 5.67. The van der Waals surface area contributed by atoms with Crippen molar-refractivity contribution in [2.75, 3.05) is 18.6 Å². The number of methoxy groups -OCH3 is 1. The third kappa shape index (κ3) is 2.33. The normalized spacial score (nSPS) is 29.8. The first-order chi connectivity index (χ1) is 9.64. The van der Waals surface area contributed by atoms with Crippen molar-refractivity contribution in [2.45, 2.75) is 37.3 Å². The van der Waals surface area contributed by atoms with Gasteiger partial charge in [0.2, 0.25) is 0 Å². The molecule has 1 aliphatic heterocycles. The maximum Gasteiger partial charge on any atom is 0.196 e. The summed E-state index contributed by atoms with van der Waals surface area (Å²) in [7, 11) is 1.80. The minimum atomic E-state index is -0.0101. The molecule has 0 amide bonds. The molecule has 1 fully saturated rings. The first kappa shape index (κ1) is 13.9. The molecule has 1 aromatic rings. The van der Waals surface area contributed by atoms with Gasteiger partial charge in [0.15, 0.2) is 5.96 Å². The van der Waals surface area contributed by atoms with Crippen LogP contribution in [0, 0.1) is 0 Å². The molecule has 2 aliphatic rings. The Morgan fingerprint density at radius 2 is 2.35 bits per heavy atom. The lowest BCUT2D eigenvalue weighted by atomic mass is 9.79. The molecule has 1 heterocycles. The van der Waals surface area contributed by atoms with Crippen LogP contribution < -0.4 is 10.6 Å². The van der Waals surface area contributed by atoms with Crippen LogP contribution in [-0.2, 0) is 4.74 Å². The van der Waals surface area contributed by atoms with Crippen molar-refractivity contribution in [3.8, 4) is 0 Å². The highest BCUT2D eigenvalue weighted by molar-refractivity contribution is 9.10. The highest BCUT2D eigenvalue weighted by atomic mass is 79.9. The number of nitrogens with two attached hydrogens (primary N) is 1. The lowest BCUT2D eigenvalue weighted by molar-refractivity contribution is 0.0459. The predicted molar refractivity (Wildman–Crippen MR) is 85.1 cm³/mol. The summed E-state index contributed by atoms with van der Waals surface area (Å²) in [6.07, 6.45) is 4.69. The Morgan fingerprint density at radius 1 is 1.50 bits per heavy atom. The van der Waals surface area contributed by atoms with Gasteiger partial charge in [0.1, 0.15) is 0 Å². The van der Waals surface area contributed by atoms with Crippen molar-refractivity contribution in [1.82, 2.24) is 0 Å². The van der Waals surface area contributed by atoms with Crippen molar-refractivity contribution in [3.05, 3.63) is 28.7 Å². The summed E-state index contributed by atoms with van der Waals surface area (Å²) >= 11 is 3.54. The Morgan fingerprint density at radius 3 is 3.10 bits per heavy atom. The minimum Gasteiger partial charge on any atom is -0.381 e. The van der Waals surface area contributed by atoms with E-state index < -0.39 is 0 Å². The Kier molecular flexibility index (Phi) is 3.73. The SMILES string of the molecule is COC1CCCC2(CN=C(N)N2c2cccc(Br)c2)C1. The van der Waals surface area contributed by atoms with Crippen LogP contribution in [0.1, 0.15) is 25.7 Å². The van der Waals surface area contributed by atoms with E-state index in [2.05, 4.69) is 38.0 Å². The number of ether oxygens (including phenoxy) is 1. The van der Waals surface area contributed by atoms with Crippen molar-refractivity contribution in [3.63, 3.8) is 0 Å². The topological polar surface area (TPSA) is 50.9 Å². The highest BCUT2D eigenvalue weighted by Crippen LogP contribution is 2.41. The van der Waals surface area contributed by atoms with Crippen LogP contribution in [-0.4, -0.2) is 31.3 Å². The molecule has 1 saturated carbocycles. The van der Waals surface area contributed by atoms with Gasteiger partial charge in [0, 0.05) is 17.3 Å². The van der Waals surface area contributed by atoms with Gasteiger partial charge >= 0.3 is 0 Å². The zero-order valence-corrected chi connectivity index (χ0v) is 13.3. The Hall–Kier alpha value is -1.07. The van der Waals surface area contributed by atoms with E-state index in [9.17, 15) is 0 Å². The summed E-state index contributed by atoms with van der Waals surface area (Å²) in [4.78, 5) is 6.73. The van der Waals surface area contributed by atoms with Gasteiger partial charge in [-0.25, -0.2) is 0 Å². The third-order valence-corrected chi connectivity index (χ3v) is 4.91. The van der Waals surface area contributed by atoms with Crippen LogP contribution >= 0.6 is 15.9 Å². The lowest BCUT2D eigenvalue weighted by Crippen LogP contribution is -2.55. The fourth-order valence-electron chi connectivity index (χ4n) is 3.47. The van der Waals surface area contributed by atoms with E-state index in [4.69, 9.17) is 10.5 Å². The summed E-state index contributed by atoms with van der Waals surface area (Å²) in [6.45, 7) is 0.769. The fourth-order valence-corrected chi connectivity index (χ4v) is 3.86. The van der Waals surface area contributed by atoms with E-state index in [1.807, 2.05) is 12.1 Å². The molecule has 1 aromatic carbocycles. The number of anilines is 1. The second kappa shape index (κ2) is 5.37. The second-order valence-corrected chi connectivity index (χ2v) is 6.58. The number of aliphatic imine (C=N–C) groups is 1. The zero-order chi connectivity index (χ0) is 14.2. The zero-order valence-electron chi connectivity index (χ0n) is 11.7. The molecular formula is C15H20BrN3O. The molecule has 108 valence electrons. The van der Waals surface area contributed by atoms with Crippen LogP contribution in [0.3, 0.4) is 0 Å². The maximum absolute atomic E-state index is 6.17. The number of guanidine groups is 1. The van der Waals surface area contributed by atoms with Gasteiger partial charge in [-0.1, -0.05) is 22.0 Å². The predicted octanol–water partition coefficient (Wildman–Crippen LogP) is 2.91. The monoisotopic (exact) mass is 337 g/mol. The van der Waals surface area contributed by atoms with Gasteiger partial charge in [-0.3, -0.25) is 4.99 Å². The van der Waals surface area contributed by atoms with Crippen molar-refractivity contribution < 1.29 is 4.74 Å². The Bertz CT molecular complexity index is 534. The molecule has 0 aromatic heterocycles. The molecule has 2 unspecified atom stereocenters. The summed E-state index contributed by atoms with van der Waals surface area (Å²) in [5, 5.41) is 0. The number of rotatable bonds is 2. The smallest absolute Gasteiger partial charge is 0.196 e. The first-order valence-corrected chi connectivity index (χ1v) is 7.82. The highest BCUT2D eigenvalue weighted by Gasteiger charge is 2.46. The van der Waals surface area contributed by atoms with Gasteiger partial charge in [-0.15, -0.1) is 0 Å². The van der Waals surface area contributed by atoms with Gasteiger partial charge in [-0.2, -0.15) is 0 Å². The average Bonchev–Trinajstić information content (AvgIpc) is 2.75. The molecule has 0 bridgehead atoms. The first-order valence-electron chi connectivity index (χ1n) is 7.03. The summed E-state index contributed by atoms with van der Waals surface area (Å²) < 4.78 is 6.65. The summed E-state index contributed by atoms with van der Waals surface area (Å²) in [5.41, 5.74) is 7.27. The van der Waals surface area contributed by atoms with E-state index in [-0.39, 0.29) is 5.54 Å². The van der Waals surface area contributed by atoms with Gasteiger partial charge < -0.3 is 15.4 Å². The molecule has 2 N–H and O–H groups in total. The summed E-state index contributed by atoms with van der Waals surface area (Å²) in [6, 6.07) is 8.26. The van der Waals surface area contributed by atoms with Gasteiger partial charge in [0.25, 0.3) is 0 Å². The van der Waals surface area contributed by atoms with E-state index in [0.29, 0.717) is 12.1 Å². The van der Waals surface area contributed by atoms with Gasteiger partial charge in [-0.05, 0) is 43.9 Å². The van der Waals surface area contributed by atoms with Crippen LogP contribution in [0.4, 0.5) is 5.69 Å². The number of nitrogens with zero attached hydrogens (tertiary/aromatic N) is 2. The van der Waals surface area contributed by atoms with E-state index in [1.165, 1.54) is 0 Å². The molecule has 0 saturated heterocycles. The number of hydrogen-bond donors (Lipinski definition) is 1. The van der Waals surface area contributed by atoms with Crippen LogP contribution in [0.15, 0.2) is 33.7 Å². The molecule has 1 spiro atoms. The van der Waals surface area contributed by atoms with E-state index in [1.54, 1.807) is 7.11 Å².